The van der Waals surface area contributed by atoms with E-state index in [1.807, 2.05) is 43.3 Å². The zero-order chi connectivity index (χ0) is 20.6. The number of carbonyl (C=O) groups excluding carboxylic acids is 2. The molecule has 2 aromatic rings. The molecule has 0 radical (unpaired) electrons. The molecule has 0 spiro atoms. The van der Waals surface area contributed by atoms with E-state index in [1.165, 1.54) is 0 Å². The molecule has 156 valence electrons. The smallest absolute Gasteiger partial charge is 0.248 e. The fourth-order valence-electron chi connectivity index (χ4n) is 3.23. The Balaban J connectivity index is 1.36. The zero-order valence-electron chi connectivity index (χ0n) is 16.8. The maximum Gasteiger partial charge on any atom is 0.248 e. The predicted octanol–water partition coefficient (Wildman–Crippen LogP) is 1.58. The van der Waals surface area contributed by atoms with Crippen LogP contribution in [0.15, 0.2) is 40.8 Å². The molecule has 1 saturated heterocycles. The van der Waals surface area contributed by atoms with Gasteiger partial charge in [-0.05, 0) is 31.2 Å². The van der Waals surface area contributed by atoms with Crippen molar-refractivity contribution >= 4 is 17.5 Å². The van der Waals surface area contributed by atoms with Crippen molar-refractivity contribution in [2.45, 2.75) is 13.5 Å². The van der Waals surface area contributed by atoms with E-state index in [2.05, 4.69) is 10.2 Å². The number of para-hydroxylation sites is 2. The van der Waals surface area contributed by atoms with Crippen LogP contribution in [0.1, 0.15) is 11.5 Å². The molecule has 0 atom stereocenters. The lowest BCUT2D eigenvalue weighted by molar-refractivity contribution is -0.138. The highest BCUT2D eigenvalue weighted by Crippen LogP contribution is 2.28. The number of piperazine rings is 1. The first-order valence-corrected chi connectivity index (χ1v) is 9.62. The van der Waals surface area contributed by atoms with Crippen molar-refractivity contribution in [3.8, 4) is 5.75 Å². The van der Waals surface area contributed by atoms with Crippen LogP contribution in [0.5, 0.6) is 5.75 Å². The lowest BCUT2D eigenvalue weighted by Gasteiger charge is -2.36. The van der Waals surface area contributed by atoms with Gasteiger partial charge in [0.15, 0.2) is 0 Å². The van der Waals surface area contributed by atoms with Crippen molar-refractivity contribution in [1.29, 1.82) is 0 Å². The van der Waals surface area contributed by atoms with E-state index in [9.17, 15) is 9.59 Å². The van der Waals surface area contributed by atoms with Crippen molar-refractivity contribution in [3.05, 3.63) is 47.9 Å². The number of nitrogens with one attached hydrogen (secondary N) is 1. The average Bonchev–Trinajstić information content (AvgIpc) is 3.17. The first-order valence-electron chi connectivity index (χ1n) is 9.62. The number of carbonyl (C=O) groups is 2. The maximum atomic E-state index is 12.3. The third kappa shape index (κ3) is 5.74. The molecule has 0 aliphatic carbocycles. The molecule has 1 aliphatic heterocycles. The lowest BCUT2D eigenvalue weighted by Crippen LogP contribution is -2.50. The molecule has 1 aromatic heterocycles. The largest absolute Gasteiger partial charge is 0.495 e. The number of furan rings is 1. The number of methoxy groups -OCH3 is 1. The molecular formula is C21H27N3O5. The minimum atomic E-state index is -0.284. The highest BCUT2D eigenvalue weighted by Gasteiger charge is 2.23. The molecule has 3 rings (SSSR count). The van der Waals surface area contributed by atoms with Crippen LogP contribution in [-0.2, 0) is 20.9 Å². The number of hydrogen-bond acceptors (Lipinski definition) is 6. The minimum absolute atomic E-state index is 0.109. The highest BCUT2D eigenvalue weighted by atomic mass is 16.5. The number of ether oxygens (including phenoxy) is 2. The highest BCUT2D eigenvalue weighted by molar-refractivity contribution is 5.80. The van der Waals surface area contributed by atoms with Crippen molar-refractivity contribution in [3.63, 3.8) is 0 Å². The van der Waals surface area contributed by atoms with E-state index < -0.39 is 0 Å². The van der Waals surface area contributed by atoms with E-state index >= 15 is 0 Å². The van der Waals surface area contributed by atoms with Crippen LogP contribution >= 0.6 is 0 Å². The second-order valence-corrected chi connectivity index (χ2v) is 6.82. The van der Waals surface area contributed by atoms with Crippen molar-refractivity contribution < 1.29 is 23.5 Å². The summed E-state index contributed by atoms with van der Waals surface area (Å²) in [6, 6.07) is 11.5. The topological polar surface area (TPSA) is 84.2 Å². The zero-order valence-corrected chi connectivity index (χ0v) is 16.8. The number of aryl methyl sites for hydroxylation is 1. The summed E-state index contributed by atoms with van der Waals surface area (Å²) in [7, 11) is 1.65. The predicted molar refractivity (Wildman–Crippen MR) is 108 cm³/mol. The summed E-state index contributed by atoms with van der Waals surface area (Å²) < 4.78 is 16.1. The van der Waals surface area contributed by atoms with Crippen LogP contribution in [0.25, 0.3) is 0 Å². The Labute approximate surface area is 170 Å². The average molecular weight is 401 g/mol. The molecule has 2 heterocycles. The van der Waals surface area contributed by atoms with E-state index in [-0.39, 0.29) is 25.0 Å². The van der Waals surface area contributed by atoms with Gasteiger partial charge in [0.1, 0.15) is 30.5 Å². The molecule has 0 unspecified atom stereocenters. The van der Waals surface area contributed by atoms with Gasteiger partial charge in [0.05, 0.1) is 19.3 Å². The number of rotatable bonds is 8. The fraction of sp³-hybridized carbons (Fsp3) is 0.429. The van der Waals surface area contributed by atoms with Crippen LogP contribution < -0.4 is 15.0 Å². The van der Waals surface area contributed by atoms with Gasteiger partial charge in [-0.2, -0.15) is 0 Å². The molecule has 1 aromatic carbocycles. The van der Waals surface area contributed by atoms with Crippen LogP contribution in [-0.4, -0.2) is 63.2 Å². The Hall–Kier alpha value is -3.00. The van der Waals surface area contributed by atoms with Gasteiger partial charge in [0.2, 0.25) is 11.8 Å². The Morgan fingerprint density at radius 1 is 1.07 bits per heavy atom. The quantitative estimate of drug-likeness (QED) is 0.723. The molecule has 8 heteroatoms. The monoisotopic (exact) mass is 401 g/mol. The van der Waals surface area contributed by atoms with Gasteiger partial charge in [-0.15, -0.1) is 0 Å². The Morgan fingerprint density at radius 2 is 1.83 bits per heavy atom. The first-order chi connectivity index (χ1) is 14.1. The second-order valence-electron chi connectivity index (χ2n) is 6.82. The Kier molecular flexibility index (Phi) is 7.13. The van der Waals surface area contributed by atoms with Gasteiger partial charge in [0, 0.05) is 26.2 Å². The third-order valence-corrected chi connectivity index (χ3v) is 4.77. The molecule has 0 saturated carbocycles. The van der Waals surface area contributed by atoms with Gasteiger partial charge in [-0.25, -0.2) is 0 Å². The number of benzene rings is 1. The number of anilines is 1. The Morgan fingerprint density at radius 3 is 2.52 bits per heavy atom. The van der Waals surface area contributed by atoms with E-state index in [0.29, 0.717) is 25.4 Å². The van der Waals surface area contributed by atoms with Gasteiger partial charge in [0.25, 0.3) is 0 Å². The SMILES string of the molecule is COc1ccccc1N1CCN(C(=O)COCC(=O)NCc2ccc(C)o2)CC1. The summed E-state index contributed by atoms with van der Waals surface area (Å²) in [6.07, 6.45) is 0. The summed E-state index contributed by atoms with van der Waals surface area (Å²) in [6.45, 7) is 4.51. The first kappa shape index (κ1) is 20.7. The molecule has 0 bridgehead atoms. The summed E-state index contributed by atoms with van der Waals surface area (Å²) in [5.74, 6) is 1.90. The normalized spacial score (nSPS) is 14.0. The van der Waals surface area contributed by atoms with Gasteiger partial charge < -0.3 is 29.0 Å². The maximum absolute atomic E-state index is 12.3. The number of amides is 2. The van der Waals surface area contributed by atoms with Crippen LogP contribution in [0.2, 0.25) is 0 Å². The summed E-state index contributed by atoms with van der Waals surface area (Å²) in [5.41, 5.74) is 1.03. The van der Waals surface area contributed by atoms with Crippen LogP contribution in [0.3, 0.4) is 0 Å². The molecule has 1 N–H and O–H groups in total. The van der Waals surface area contributed by atoms with Crippen molar-refractivity contribution in [1.82, 2.24) is 10.2 Å². The van der Waals surface area contributed by atoms with Crippen molar-refractivity contribution in [2.24, 2.45) is 0 Å². The number of nitrogens with zero attached hydrogens (tertiary/aromatic N) is 2. The van der Waals surface area contributed by atoms with Crippen LogP contribution in [0.4, 0.5) is 5.69 Å². The molecule has 1 aliphatic rings. The summed E-state index contributed by atoms with van der Waals surface area (Å²) in [5, 5.41) is 2.70. The van der Waals surface area contributed by atoms with Gasteiger partial charge in [-0.3, -0.25) is 9.59 Å². The molecule has 2 amide bonds. The third-order valence-electron chi connectivity index (χ3n) is 4.77. The molecule has 1 fully saturated rings. The second kappa shape index (κ2) is 9.97. The van der Waals surface area contributed by atoms with E-state index in [1.54, 1.807) is 12.0 Å². The number of hydrogen-bond donors (Lipinski definition) is 1. The minimum Gasteiger partial charge on any atom is -0.495 e. The van der Waals surface area contributed by atoms with E-state index in [4.69, 9.17) is 13.9 Å². The standard InChI is InChI=1S/C21H27N3O5/c1-16-7-8-17(29-16)13-22-20(25)14-28-15-21(26)24-11-9-23(10-12-24)18-5-3-4-6-19(18)27-2/h3-8H,9-15H2,1-2H3,(H,22,25). The molecule has 29 heavy (non-hydrogen) atoms. The Bertz CT molecular complexity index is 827. The van der Waals surface area contributed by atoms with Gasteiger partial charge in [-0.1, -0.05) is 12.1 Å². The summed E-state index contributed by atoms with van der Waals surface area (Å²) >= 11 is 0. The summed E-state index contributed by atoms with van der Waals surface area (Å²) in [4.78, 5) is 28.1. The van der Waals surface area contributed by atoms with E-state index in [0.717, 1.165) is 30.3 Å². The van der Waals surface area contributed by atoms with Crippen LogP contribution in [0, 0.1) is 6.92 Å². The van der Waals surface area contributed by atoms with Gasteiger partial charge >= 0.3 is 0 Å². The molecule has 8 nitrogen and oxygen atoms in total. The van der Waals surface area contributed by atoms with Crippen molar-refractivity contribution in [2.75, 3.05) is 51.4 Å². The fourth-order valence-corrected chi connectivity index (χ4v) is 3.23. The lowest BCUT2D eigenvalue weighted by atomic mass is 10.2. The molecular weight excluding hydrogens is 374 g/mol.